The maximum Gasteiger partial charge on any atom is 0.254 e. The molecule has 0 spiro atoms. The lowest BCUT2D eigenvalue weighted by Gasteiger charge is -2.41. The number of nitrogens with one attached hydrogen (secondary N) is 1. The molecule has 1 saturated heterocycles. The number of halogens is 1. The van der Waals surface area contributed by atoms with E-state index in [-0.39, 0.29) is 6.04 Å². The van der Waals surface area contributed by atoms with E-state index in [9.17, 15) is 4.79 Å². The molecule has 3 aromatic rings. The van der Waals surface area contributed by atoms with Gasteiger partial charge in [0.2, 0.25) is 0 Å². The second kappa shape index (κ2) is 9.34. The first-order valence-corrected chi connectivity index (χ1v) is 12.4. The first-order valence-electron chi connectivity index (χ1n) is 11.4. The zero-order chi connectivity index (χ0) is 22.9. The smallest absolute Gasteiger partial charge is 0.254 e. The quantitative estimate of drug-likeness (QED) is 0.331. The number of para-hydroxylation sites is 1. The molecule has 0 saturated carbocycles. The van der Waals surface area contributed by atoms with Crippen LogP contribution >= 0.6 is 22.9 Å². The van der Waals surface area contributed by atoms with Gasteiger partial charge in [0.25, 0.3) is 5.91 Å². The topological polar surface area (TPSA) is 85.4 Å². The number of primary amides is 1. The van der Waals surface area contributed by atoms with Crippen LogP contribution in [0.2, 0.25) is 0 Å². The van der Waals surface area contributed by atoms with Gasteiger partial charge >= 0.3 is 0 Å². The Labute approximate surface area is 207 Å². The molecule has 5 rings (SSSR count). The number of nitrogens with two attached hydrogens (primary N) is 1. The van der Waals surface area contributed by atoms with E-state index in [0.717, 1.165) is 48.8 Å². The summed E-state index contributed by atoms with van der Waals surface area (Å²) in [7, 11) is 0. The fourth-order valence-electron chi connectivity index (χ4n) is 4.90. The Balaban J connectivity index is 1.49. The van der Waals surface area contributed by atoms with E-state index >= 15 is 0 Å². The van der Waals surface area contributed by atoms with E-state index < -0.39 is 5.91 Å². The van der Waals surface area contributed by atoms with Gasteiger partial charge in [0.05, 0.1) is 6.04 Å². The SMILES string of the molecule is CC1CCN(I)C(C2CCNc3c(C(N)=O)c(-c4ccc(Oc5ccccc5)cc4)nn32)C1. The van der Waals surface area contributed by atoms with Crippen molar-refractivity contribution in [1.29, 1.82) is 0 Å². The van der Waals surface area contributed by atoms with Gasteiger partial charge in [-0.15, -0.1) is 0 Å². The molecule has 0 radical (unpaired) electrons. The molecule has 172 valence electrons. The third kappa shape index (κ3) is 4.46. The van der Waals surface area contributed by atoms with Gasteiger partial charge in [0, 0.05) is 47.6 Å². The van der Waals surface area contributed by atoms with Crippen molar-refractivity contribution in [2.75, 3.05) is 18.4 Å². The molecule has 3 unspecified atom stereocenters. The van der Waals surface area contributed by atoms with Gasteiger partial charge in [0.1, 0.15) is 28.6 Å². The van der Waals surface area contributed by atoms with Crippen molar-refractivity contribution in [3.63, 3.8) is 0 Å². The predicted molar refractivity (Wildman–Crippen MR) is 138 cm³/mol. The first kappa shape index (κ1) is 22.2. The van der Waals surface area contributed by atoms with Crippen LogP contribution in [-0.2, 0) is 0 Å². The summed E-state index contributed by atoms with van der Waals surface area (Å²) in [5, 5.41) is 8.35. The Hall–Kier alpha value is -2.59. The minimum absolute atomic E-state index is 0.202. The number of rotatable bonds is 5. The number of amides is 1. The fourth-order valence-corrected chi connectivity index (χ4v) is 5.78. The highest BCUT2D eigenvalue weighted by atomic mass is 127. The zero-order valence-electron chi connectivity index (χ0n) is 18.6. The van der Waals surface area contributed by atoms with Crippen molar-refractivity contribution >= 4 is 34.6 Å². The van der Waals surface area contributed by atoms with E-state index in [1.807, 2.05) is 59.3 Å². The van der Waals surface area contributed by atoms with Crippen molar-refractivity contribution in [2.24, 2.45) is 11.7 Å². The molecule has 1 fully saturated rings. The number of carbonyl (C=O) groups excluding carboxylic acids is 1. The highest BCUT2D eigenvalue weighted by molar-refractivity contribution is 14.1. The minimum Gasteiger partial charge on any atom is -0.457 e. The van der Waals surface area contributed by atoms with Gasteiger partial charge in [-0.25, -0.2) is 7.80 Å². The van der Waals surface area contributed by atoms with Crippen molar-refractivity contribution in [3.8, 4) is 22.8 Å². The van der Waals surface area contributed by atoms with Crippen molar-refractivity contribution in [2.45, 2.75) is 38.3 Å². The largest absolute Gasteiger partial charge is 0.457 e. The second-order valence-electron chi connectivity index (χ2n) is 8.92. The molecule has 2 aliphatic heterocycles. The summed E-state index contributed by atoms with van der Waals surface area (Å²) in [5.41, 5.74) is 7.78. The Morgan fingerprint density at radius 2 is 1.82 bits per heavy atom. The summed E-state index contributed by atoms with van der Waals surface area (Å²) in [6, 6.07) is 17.9. The van der Waals surface area contributed by atoms with Gasteiger partial charge in [-0.3, -0.25) is 4.79 Å². The minimum atomic E-state index is -0.465. The first-order chi connectivity index (χ1) is 16.0. The summed E-state index contributed by atoms with van der Waals surface area (Å²) in [6.45, 7) is 4.20. The Bertz CT molecular complexity index is 1130. The van der Waals surface area contributed by atoms with Gasteiger partial charge in [0.15, 0.2) is 0 Å². The zero-order valence-corrected chi connectivity index (χ0v) is 20.7. The number of fused-ring (bicyclic) bond motifs is 1. The molecule has 3 N–H and O–H groups in total. The highest BCUT2D eigenvalue weighted by Gasteiger charge is 2.38. The monoisotopic (exact) mass is 557 g/mol. The van der Waals surface area contributed by atoms with E-state index in [4.69, 9.17) is 15.6 Å². The average Bonchev–Trinajstić information content (AvgIpc) is 3.22. The Morgan fingerprint density at radius 3 is 2.55 bits per heavy atom. The molecule has 7 nitrogen and oxygen atoms in total. The lowest BCUT2D eigenvalue weighted by atomic mass is 9.88. The Kier molecular flexibility index (Phi) is 6.29. The number of ether oxygens (including phenoxy) is 1. The molecular weight excluding hydrogens is 529 g/mol. The summed E-state index contributed by atoms with van der Waals surface area (Å²) >= 11 is 2.45. The summed E-state index contributed by atoms with van der Waals surface area (Å²) in [5.74, 6) is 2.45. The molecule has 8 heteroatoms. The summed E-state index contributed by atoms with van der Waals surface area (Å²) in [6.07, 6.45) is 3.30. The third-order valence-corrected chi connectivity index (χ3v) is 7.79. The lowest BCUT2D eigenvalue weighted by Crippen LogP contribution is -2.44. The van der Waals surface area contributed by atoms with E-state index in [0.29, 0.717) is 23.2 Å². The third-order valence-electron chi connectivity index (χ3n) is 6.59. The molecule has 0 aliphatic carbocycles. The number of hydrogen-bond acceptors (Lipinski definition) is 5. The van der Waals surface area contributed by atoms with Crippen LogP contribution in [0.25, 0.3) is 11.3 Å². The average molecular weight is 557 g/mol. The molecule has 1 amide bonds. The van der Waals surface area contributed by atoms with E-state index in [1.54, 1.807) is 0 Å². The van der Waals surface area contributed by atoms with Crippen molar-refractivity contribution in [1.82, 2.24) is 12.9 Å². The summed E-state index contributed by atoms with van der Waals surface area (Å²) in [4.78, 5) is 12.5. The van der Waals surface area contributed by atoms with Crippen molar-refractivity contribution in [3.05, 3.63) is 60.2 Å². The number of hydrogen-bond donors (Lipinski definition) is 2. The van der Waals surface area contributed by atoms with Gasteiger partial charge in [-0.2, -0.15) is 5.10 Å². The van der Waals surface area contributed by atoms with Crippen LogP contribution in [0.3, 0.4) is 0 Å². The van der Waals surface area contributed by atoms with Gasteiger partial charge in [-0.05, 0) is 61.6 Å². The van der Waals surface area contributed by atoms with Crippen LogP contribution in [0.5, 0.6) is 11.5 Å². The van der Waals surface area contributed by atoms with E-state index in [2.05, 4.69) is 38.2 Å². The molecule has 0 bridgehead atoms. The van der Waals surface area contributed by atoms with Crippen LogP contribution in [-0.4, -0.2) is 37.9 Å². The van der Waals surface area contributed by atoms with Crippen LogP contribution < -0.4 is 15.8 Å². The number of aromatic nitrogens is 2. The molecule has 33 heavy (non-hydrogen) atoms. The number of anilines is 1. The second-order valence-corrected chi connectivity index (χ2v) is 10.2. The summed E-state index contributed by atoms with van der Waals surface area (Å²) < 4.78 is 10.3. The lowest BCUT2D eigenvalue weighted by molar-refractivity contribution is 0.100. The van der Waals surface area contributed by atoms with Crippen LogP contribution in [0.1, 0.15) is 42.6 Å². The molecule has 3 atom stereocenters. The van der Waals surface area contributed by atoms with Crippen LogP contribution in [0.15, 0.2) is 54.6 Å². The molecule has 2 aliphatic rings. The molecular formula is C25H28IN5O2. The standard InChI is InChI=1S/C25H28IN5O2/c1-16-12-14-30(26)21(15-16)20-11-13-28-25-22(24(27)32)23(29-31(20)25)17-7-9-19(10-8-17)33-18-5-3-2-4-6-18/h2-10,16,20-21,28H,11-15H2,1H3,(H2,27,32). The molecule has 3 heterocycles. The van der Waals surface area contributed by atoms with Crippen molar-refractivity contribution < 1.29 is 9.53 Å². The van der Waals surface area contributed by atoms with Crippen LogP contribution in [0.4, 0.5) is 5.82 Å². The number of piperidine rings is 1. The number of benzene rings is 2. The normalized spacial score (nSPS) is 22.9. The van der Waals surface area contributed by atoms with Gasteiger partial charge in [-0.1, -0.05) is 25.1 Å². The maximum atomic E-state index is 12.5. The number of carbonyl (C=O) groups is 1. The molecule has 2 aromatic carbocycles. The van der Waals surface area contributed by atoms with Crippen LogP contribution in [0, 0.1) is 5.92 Å². The maximum absolute atomic E-state index is 12.5. The Morgan fingerprint density at radius 1 is 1.09 bits per heavy atom. The number of nitrogens with zero attached hydrogens (tertiary/aromatic N) is 3. The predicted octanol–water partition coefficient (Wildman–Crippen LogP) is 5.25. The van der Waals surface area contributed by atoms with E-state index in [1.165, 1.54) is 6.42 Å². The highest BCUT2D eigenvalue weighted by Crippen LogP contribution is 2.40. The molecule has 1 aromatic heterocycles. The van der Waals surface area contributed by atoms with Gasteiger partial charge < -0.3 is 15.8 Å². The fraction of sp³-hybridized carbons (Fsp3) is 0.360.